The molecule has 2 amide bonds. The Balaban J connectivity index is 1.27. The maximum atomic E-state index is 13.3. The number of methoxy groups -OCH3 is 2. The van der Waals surface area contributed by atoms with Gasteiger partial charge in [0.1, 0.15) is 5.60 Å². The number of halogens is 1. The van der Waals surface area contributed by atoms with Crippen molar-refractivity contribution in [1.29, 1.82) is 0 Å². The van der Waals surface area contributed by atoms with Crippen molar-refractivity contribution >= 4 is 34.9 Å². The molecule has 0 bridgehead atoms. The van der Waals surface area contributed by atoms with Gasteiger partial charge in [-0.25, -0.2) is 0 Å². The van der Waals surface area contributed by atoms with Crippen molar-refractivity contribution < 1.29 is 28.6 Å². The summed E-state index contributed by atoms with van der Waals surface area (Å²) in [5.41, 5.74) is 0.532. The number of nitrogens with zero attached hydrogens (tertiary/aromatic N) is 2. The fourth-order valence-electron chi connectivity index (χ4n) is 5.28. The van der Waals surface area contributed by atoms with Gasteiger partial charge in [-0.2, -0.15) is 0 Å². The Labute approximate surface area is 208 Å². The van der Waals surface area contributed by atoms with Crippen molar-refractivity contribution in [1.82, 2.24) is 4.90 Å². The molecule has 5 rings (SSSR count). The topological polar surface area (TPSA) is 85.4 Å². The minimum Gasteiger partial charge on any atom is -0.493 e. The van der Waals surface area contributed by atoms with Crippen molar-refractivity contribution in [3.63, 3.8) is 0 Å². The monoisotopic (exact) mass is 498 g/mol. The van der Waals surface area contributed by atoms with E-state index in [1.807, 2.05) is 0 Å². The van der Waals surface area contributed by atoms with E-state index in [4.69, 9.17) is 25.8 Å². The molecular formula is C26H27ClN2O6. The molecule has 184 valence electrons. The summed E-state index contributed by atoms with van der Waals surface area (Å²) >= 11 is 5.96. The van der Waals surface area contributed by atoms with Gasteiger partial charge in [0.25, 0.3) is 0 Å². The normalized spacial score (nSPS) is 21.1. The molecule has 8 nitrogen and oxygen atoms in total. The van der Waals surface area contributed by atoms with Crippen LogP contribution in [0.5, 0.6) is 17.2 Å². The third-order valence-electron chi connectivity index (χ3n) is 7.20. The largest absolute Gasteiger partial charge is 0.493 e. The number of fused-ring (bicyclic) bond motifs is 1. The van der Waals surface area contributed by atoms with Crippen molar-refractivity contribution in [2.45, 2.75) is 31.3 Å². The van der Waals surface area contributed by atoms with Crippen molar-refractivity contribution in [3.05, 3.63) is 47.0 Å². The Morgan fingerprint density at radius 1 is 1.06 bits per heavy atom. The maximum absolute atomic E-state index is 13.3. The molecule has 0 aliphatic carbocycles. The van der Waals surface area contributed by atoms with Gasteiger partial charge in [-0.1, -0.05) is 11.6 Å². The Hall–Kier alpha value is -3.26. The molecule has 0 N–H and O–H groups in total. The van der Waals surface area contributed by atoms with Gasteiger partial charge in [0.15, 0.2) is 17.3 Å². The van der Waals surface area contributed by atoms with E-state index in [1.54, 1.807) is 46.2 Å². The average molecular weight is 499 g/mol. The lowest BCUT2D eigenvalue weighted by Crippen LogP contribution is -2.53. The van der Waals surface area contributed by atoms with E-state index < -0.39 is 11.5 Å². The van der Waals surface area contributed by atoms with Crippen LogP contribution in [0.4, 0.5) is 5.69 Å². The second-order valence-corrected chi connectivity index (χ2v) is 9.71. The molecular weight excluding hydrogens is 472 g/mol. The number of anilines is 1. The molecule has 3 aliphatic heterocycles. The van der Waals surface area contributed by atoms with Crippen LogP contribution in [0, 0.1) is 5.92 Å². The van der Waals surface area contributed by atoms with Crippen LogP contribution in [-0.4, -0.2) is 62.0 Å². The Bertz CT molecular complexity index is 1170. The number of ether oxygens (including phenoxy) is 3. The minimum absolute atomic E-state index is 0.00743. The summed E-state index contributed by atoms with van der Waals surface area (Å²) < 4.78 is 17.3. The van der Waals surface area contributed by atoms with Crippen molar-refractivity contribution in [2.75, 3.05) is 38.8 Å². The molecule has 2 aromatic carbocycles. The van der Waals surface area contributed by atoms with Crippen LogP contribution < -0.4 is 19.1 Å². The first-order valence-electron chi connectivity index (χ1n) is 11.7. The predicted molar refractivity (Wildman–Crippen MR) is 130 cm³/mol. The predicted octanol–water partition coefficient (Wildman–Crippen LogP) is 3.74. The summed E-state index contributed by atoms with van der Waals surface area (Å²) in [6, 6.07) is 10.4. The fourth-order valence-corrected chi connectivity index (χ4v) is 5.40. The summed E-state index contributed by atoms with van der Waals surface area (Å²) in [7, 11) is 3.06. The van der Waals surface area contributed by atoms with E-state index in [2.05, 4.69) is 0 Å². The summed E-state index contributed by atoms with van der Waals surface area (Å²) in [6.45, 7) is 1.26. The second kappa shape index (κ2) is 9.07. The number of Topliss-reactive ketones (excluding diaryl/α,β-unsaturated/α-hetero) is 1. The number of carbonyl (C=O) groups is 3. The van der Waals surface area contributed by atoms with Gasteiger partial charge in [-0.15, -0.1) is 0 Å². The quantitative estimate of drug-likeness (QED) is 0.638. The van der Waals surface area contributed by atoms with Crippen LogP contribution in [0.1, 0.15) is 36.0 Å². The molecule has 3 aliphatic rings. The minimum atomic E-state index is -0.693. The van der Waals surface area contributed by atoms with Gasteiger partial charge in [-0.05, 0) is 36.4 Å². The third kappa shape index (κ3) is 4.20. The zero-order valence-electron chi connectivity index (χ0n) is 19.7. The summed E-state index contributed by atoms with van der Waals surface area (Å²) in [5.74, 6) is 0.799. The van der Waals surface area contributed by atoms with Gasteiger partial charge in [0, 0.05) is 49.6 Å². The number of amides is 2. The smallest absolute Gasteiger partial charge is 0.228 e. The lowest BCUT2D eigenvalue weighted by Gasteiger charge is -2.44. The highest BCUT2D eigenvalue weighted by atomic mass is 35.5. The second-order valence-electron chi connectivity index (χ2n) is 9.27. The summed E-state index contributed by atoms with van der Waals surface area (Å²) in [4.78, 5) is 42.3. The van der Waals surface area contributed by atoms with E-state index in [1.165, 1.54) is 14.2 Å². The van der Waals surface area contributed by atoms with E-state index in [0.717, 1.165) is 5.69 Å². The molecule has 0 aromatic heterocycles. The Morgan fingerprint density at radius 3 is 2.43 bits per heavy atom. The van der Waals surface area contributed by atoms with Crippen LogP contribution in [-0.2, 0) is 9.59 Å². The number of hydrogen-bond donors (Lipinski definition) is 0. The number of piperidine rings is 1. The molecule has 2 saturated heterocycles. The SMILES string of the molecule is COc1ccc2c(c1OC)OC1(CCN(C(=O)C3CC(=O)N(c4ccc(Cl)cc4)C3)CC1)CC2=O. The zero-order valence-corrected chi connectivity index (χ0v) is 20.5. The highest BCUT2D eigenvalue weighted by Gasteiger charge is 2.46. The van der Waals surface area contributed by atoms with E-state index in [9.17, 15) is 14.4 Å². The highest BCUT2D eigenvalue weighted by molar-refractivity contribution is 6.30. The molecule has 1 spiro atoms. The molecule has 1 atom stereocenters. The number of benzene rings is 2. The van der Waals surface area contributed by atoms with E-state index in [-0.39, 0.29) is 30.4 Å². The van der Waals surface area contributed by atoms with Crippen LogP contribution in [0.3, 0.4) is 0 Å². The number of carbonyl (C=O) groups excluding carboxylic acids is 3. The first-order chi connectivity index (χ1) is 16.8. The number of hydrogen-bond acceptors (Lipinski definition) is 6. The molecule has 2 fully saturated rings. The van der Waals surface area contributed by atoms with Crippen LogP contribution in [0.2, 0.25) is 5.02 Å². The van der Waals surface area contributed by atoms with Gasteiger partial charge < -0.3 is 24.0 Å². The first kappa shape index (κ1) is 23.5. The molecule has 0 saturated carbocycles. The number of rotatable bonds is 4. The van der Waals surface area contributed by atoms with Crippen LogP contribution >= 0.6 is 11.6 Å². The number of likely N-dealkylation sites (tertiary alicyclic amines) is 1. The first-order valence-corrected chi connectivity index (χ1v) is 12.0. The zero-order chi connectivity index (χ0) is 24.7. The standard InChI is InChI=1S/C26H27ClN2O6/c1-33-21-8-7-19-20(30)14-26(35-23(19)24(21)34-2)9-11-28(12-10-26)25(32)16-13-22(31)29(15-16)18-5-3-17(27)4-6-18/h3-8,16H,9-15H2,1-2H3. The number of ketones is 1. The van der Waals surface area contributed by atoms with Gasteiger partial charge in [0.2, 0.25) is 17.6 Å². The Kier molecular flexibility index (Phi) is 6.09. The van der Waals surface area contributed by atoms with Crippen LogP contribution in [0.25, 0.3) is 0 Å². The van der Waals surface area contributed by atoms with E-state index in [0.29, 0.717) is 60.3 Å². The molecule has 1 unspecified atom stereocenters. The van der Waals surface area contributed by atoms with Gasteiger partial charge in [0.05, 0.1) is 32.1 Å². The van der Waals surface area contributed by atoms with Crippen LogP contribution in [0.15, 0.2) is 36.4 Å². The lowest BCUT2D eigenvalue weighted by atomic mass is 9.82. The average Bonchev–Trinajstić information content (AvgIpc) is 3.25. The highest BCUT2D eigenvalue weighted by Crippen LogP contribution is 2.48. The molecule has 2 aromatic rings. The molecule has 9 heteroatoms. The molecule has 35 heavy (non-hydrogen) atoms. The van der Waals surface area contributed by atoms with Crippen molar-refractivity contribution in [2.24, 2.45) is 5.92 Å². The maximum Gasteiger partial charge on any atom is 0.228 e. The van der Waals surface area contributed by atoms with E-state index >= 15 is 0 Å². The van der Waals surface area contributed by atoms with Gasteiger partial charge in [-0.3, -0.25) is 14.4 Å². The molecule has 0 radical (unpaired) electrons. The third-order valence-corrected chi connectivity index (χ3v) is 7.45. The molecule has 3 heterocycles. The Morgan fingerprint density at radius 2 is 1.77 bits per heavy atom. The lowest BCUT2D eigenvalue weighted by molar-refractivity contribution is -0.139. The summed E-state index contributed by atoms with van der Waals surface area (Å²) in [6.07, 6.45) is 1.48. The summed E-state index contributed by atoms with van der Waals surface area (Å²) in [5, 5.41) is 0.595. The van der Waals surface area contributed by atoms with Gasteiger partial charge >= 0.3 is 0 Å². The fraction of sp³-hybridized carbons (Fsp3) is 0.423. The van der Waals surface area contributed by atoms with Crippen molar-refractivity contribution in [3.8, 4) is 17.2 Å².